The van der Waals surface area contributed by atoms with E-state index < -0.39 is 10.7 Å². The highest BCUT2D eigenvalue weighted by Crippen LogP contribution is 2.20. The second kappa shape index (κ2) is 7.60. The summed E-state index contributed by atoms with van der Waals surface area (Å²) in [6.07, 6.45) is 4.01. The van der Waals surface area contributed by atoms with E-state index in [1.807, 2.05) is 6.07 Å². The molecule has 3 aromatic rings. The van der Waals surface area contributed by atoms with Gasteiger partial charge in [-0.3, -0.25) is 24.5 Å². The van der Waals surface area contributed by atoms with Crippen LogP contribution in [0, 0.1) is 10.1 Å². The van der Waals surface area contributed by atoms with Gasteiger partial charge in [0.05, 0.1) is 16.5 Å². The molecule has 9 nitrogen and oxygen atoms in total. The van der Waals surface area contributed by atoms with Crippen LogP contribution in [0.5, 0.6) is 0 Å². The summed E-state index contributed by atoms with van der Waals surface area (Å²) >= 11 is 0. The summed E-state index contributed by atoms with van der Waals surface area (Å²) in [4.78, 5) is 38.0. The van der Waals surface area contributed by atoms with Crippen LogP contribution in [-0.4, -0.2) is 20.4 Å². The maximum absolute atomic E-state index is 11.9. The largest absolute Gasteiger partial charge is 0.419 e. The number of rotatable bonds is 7. The second-order valence-electron chi connectivity index (χ2n) is 5.67. The van der Waals surface area contributed by atoms with Crippen LogP contribution in [0.3, 0.4) is 0 Å². The number of nitro benzene ring substituents is 1. The summed E-state index contributed by atoms with van der Waals surface area (Å²) < 4.78 is 6.42. The first-order chi connectivity index (χ1) is 12.5. The van der Waals surface area contributed by atoms with Gasteiger partial charge in [-0.15, -0.1) is 0 Å². The maximum atomic E-state index is 11.9. The van der Waals surface area contributed by atoms with Gasteiger partial charge in [0.1, 0.15) is 0 Å². The predicted molar refractivity (Wildman–Crippen MR) is 92.4 cm³/mol. The third-order valence-electron chi connectivity index (χ3n) is 3.86. The lowest BCUT2D eigenvalue weighted by atomic mass is 10.2. The van der Waals surface area contributed by atoms with E-state index >= 15 is 0 Å². The van der Waals surface area contributed by atoms with Crippen LogP contribution in [0.4, 0.5) is 5.69 Å². The molecule has 0 aliphatic carbocycles. The van der Waals surface area contributed by atoms with Gasteiger partial charge >= 0.3 is 5.76 Å². The number of carbonyl (C=O) groups is 1. The van der Waals surface area contributed by atoms with Crippen molar-refractivity contribution in [3.05, 3.63) is 69.0 Å². The minimum Gasteiger partial charge on any atom is -0.407 e. The number of nitrogens with zero attached hydrogens (tertiary/aromatic N) is 3. The van der Waals surface area contributed by atoms with E-state index in [4.69, 9.17) is 4.42 Å². The fourth-order valence-corrected chi connectivity index (χ4v) is 2.57. The lowest BCUT2D eigenvalue weighted by molar-refractivity contribution is -0.384. The van der Waals surface area contributed by atoms with Gasteiger partial charge in [0, 0.05) is 38.0 Å². The minimum absolute atomic E-state index is 0.134. The molecule has 0 aliphatic rings. The van der Waals surface area contributed by atoms with Crippen molar-refractivity contribution in [1.29, 1.82) is 0 Å². The molecule has 0 fully saturated rings. The predicted octanol–water partition coefficient (Wildman–Crippen LogP) is 1.99. The maximum Gasteiger partial charge on any atom is 0.419 e. The monoisotopic (exact) mass is 356 g/mol. The number of fused-ring (bicyclic) bond motifs is 1. The number of aromatic nitrogens is 2. The zero-order chi connectivity index (χ0) is 18.5. The lowest BCUT2D eigenvalue weighted by Gasteiger charge is -2.05. The topological polar surface area (TPSA) is 120 Å². The molecule has 0 unspecified atom stereocenters. The third kappa shape index (κ3) is 3.94. The van der Waals surface area contributed by atoms with Gasteiger partial charge in [-0.2, -0.15) is 0 Å². The molecule has 0 saturated heterocycles. The Bertz CT molecular complexity index is 993. The van der Waals surface area contributed by atoms with Crippen LogP contribution in [0.1, 0.15) is 18.4 Å². The number of benzene rings is 1. The van der Waals surface area contributed by atoms with E-state index in [-0.39, 0.29) is 30.1 Å². The van der Waals surface area contributed by atoms with Crippen LogP contribution in [0.15, 0.2) is 51.9 Å². The number of nitro groups is 1. The zero-order valence-corrected chi connectivity index (χ0v) is 13.8. The summed E-state index contributed by atoms with van der Waals surface area (Å²) in [5, 5.41) is 13.6. The molecule has 1 amide bonds. The van der Waals surface area contributed by atoms with Gasteiger partial charge in [-0.25, -0.2) is 4.79 Å². The lowest BCUT2D eigenvalue weighted by Crippen LogP contribution is -2.23. The molecule has 0 atom stereocenters. The fourth-order valence-electron chi connectivity index (χ4n) is 2.57. The Morgan fingerprint density at radius 3 is 2.92 bits per heavy atom. The van der Waals surface area contributed by atoms with Crippen molar-refractivity contribution in [2.24, 2.45) is 0 Å². The van der Waals surface area contributed by atoms with E-state index in [1.165, 1.54) is 22.8 Å². The summed E-state index contributed by atoms with van der Waals surface area (Å²) in [6, 6.07) is 7.66. The third-order valence-corrected chi connectivity index (χ3v) is 3.86. The summed E-state index contributed by atoms with van der Waals surface area (Å²) in [5.74, 6) is -0.735. The van der Waals surface area contributed by atoms with Crippen LogP contribution in [0.2, 0.25) is 0 Å². The van der Waals surface area contributed by atoms with Crippen molar-refractivity contribution in [3.63, 3.8) is 0 Å². The van der Waals surface area contributed by atoms with E-state index in [2.05, 4.69) is 10.3 Å². The standard InChI is InChI=1S/C17H16N4O5/c22-16(19-11-12-3-1-7-18-10-12)4-2-8-20-14-6-5-13(21(24)25)9-15(14)26-17(20)23/h1,3,5-7,9-10H,2,4,8,11H2,(H,19,22). The number of non-ortho nitro benzene ring substituents is 1. The van der Waals surface area contributed by atoms with E-state index in [0.717, 1.165) is 5.56 Å². The van der Waals surface area contributed by atoms with Crippen LogP contribution in [-0.2, 0) is 17.9 Å². The van der Waals surface area contributed by atoms with Gasteiger partial charge < -0.3 is 9.73 Å². The Balaban J connectivity index is 1.57. The van der Waals surface area contributed by atoms with Crippen molar-refractivity contribution >= 4 is 22.7 Å². The van der Waals surface area contributed by atoms with Crippen LogP contribution >= 0.6 is 0 Å². The normalized spacial score (nSPS) is 10.8. The number of hydrogen-bond donors (Lipinski definition) is 1. The molecule has 0 radical (unpaired) electrons. The SMILES string of the molecule is O=C(CCCn1c(=O)oc2cc([N+](=O)[O-])ccc21)NCc1cccnc1. The number of pyridine rings is 1. The molecule has 2 aromatic heterocycles. The number of amides is 1. The van der Waals surface area contributed by atoms with Crippen molar-refractivity contribution in [2.75, 3.05) is 0 Å². The Kier molecular flexibility index (Phi) is 5.07. The molecule has 2 heterocycles. The van der Waals surface area contributed by atoms with Crippen LogP contribution < -0.4 is 11.1 Å². The molecule has 0 spiro atoms. The second-order valence-corrected chi connectivity index (χ2v) is 5.67. The molecule has 0 saturated carbocycles. The average Bonchev–Trinajstić information content (AvgIpc) is 2.95. The Hall–Kier alpha value is -3.49. The number of carbonyl (C=O) groups excluding carboxylic acids is 1. The zero-order valence-electron chi connectivity index (χ0n) is 13.8. The number of oxazole rings is 1. The minimum atomic E-state index is -0.601. The first kappa shape index (κ1) is 17.3. The molecule has 134 valence electrons. The molecule has 1 aromatic carbocycles. The highest BCUT2D eigenvalue weighted by molar-refractivity contribution is 5.76. The number of nitrogens with one attached hydrogen (secondary N) is 1. The Morgan fingerprint density at radius 2 is 2.19 bits per heavy atom. The van der Waals surface area contributed by atoms with Crippen LogP contribution in [0.25, 0.3) is 11.1 Å². The highest BCUT2D eigenvalue weighted by Gasteiger charge is 2.14. The smallest absolute Gasteiger partial charge is 0.407 e. The summed E-state index contributed by atoms with van der Waals surface area (Å²) in [7, 11) is 0. The van der Waals surface area contributed by atoms with Gasteiger partial charge in [-0.1, -0.05) is 6.07 Å². The van der Waals surface area contributed by atoms with Crippen molar-refractivity contribution in [3.8, 4) is 0 Å². The van der Waals surface area contributed by atoms with Crippen molar-refractivity contribution in [1.82, 2.24) is 14.9 Å². The molecular weight excluding hydrogens is 340 g/mol. The molecular formula is C17H16N4O5. The summed E-state index contributed by atoms with van der Waals surface area (Å²) in [5.41, 5.74) is 1.38. The first-order valence-electron chi connectivity index (χ1n) is 7.98. The van der Waals surface area contributed by atoms with Gasteiger partial charge in [0.25, 0.3) is 5.69 Å². The molecule has 0 bridgehead atoms. The van der Waals surface area contributed by atoms with E-state index in [1.54, 1.807) is 18.5 Å². The fraction of sp³-hybridized carbons (Fsp3) is 0.235. The number of aryl methyl sites for hydroxylation is 1. The highest BCUT2D eigenvalue weighted by atomic mass is 16.6. The Labute approximate surface area is 147 Å². The van der Waals surface area contributed by atoms with Gasteiger partial charge in [-0.05, 0) is 24.1 Å². The van der Waals surface area contributed by atoms with E-state index in [9.17, 15) is 19.7 Å². The molecule has 9 heteroatoms. The van der Waals surface area contributed by atoms with Crippen molar-refractivity contribution < 1.29 is 14.1 Å². The average molecular weight is 356 g/mol. The Morgan fingerprint density at radius 1 is 1.35 bits per heavy atom. The quantitative estimate of drug-likeness (QED) is 0.510. The number of hydrogen-bond acceptors (Lipinski definition) is 6. The molecule has 3 rings (SSSR count). The van der Waals surface area contributed by atoms with E-state index in [0.29, 0.717) is 18.5 Å². The summed E-state index contributed by atoms with van der Waals surface area (Å²) in [6.45, 7) is 0.675. The molecule has 1 N–H and O–H groups in total. The molecule has 0 aliphatic heterocycles. The molecule has 26 heavy (non-hydrogen) atoms. The van der Waals surface area contributed by atoms with Crippen molar-refractivity contribution in [2.45, 2.75) is 25.9 Å². The van der Waals surface area contributed by atoms with Gasteiger partial charge in [0.2, 0.25) is 5.91 Å². The first-order valence-corrected chi connectivity index (χ1v) is 7.98. The van der Waals surface area contributed by atoms with Gasteiger partial charge in [0.15, 0.2) is 5.58 Å².